The number of aromatic nitrogens is 3. The van der Waals surface area contributed by atoms with Crippen LogP contribution in [0.5, 0.6) is 0 Å². The molecule has 10 nitrogen and oxygen atoms in total. The first-order chi connectivity index (χ1) is 8.45. The molecule has 1 aliphatic heterocycles. The number of nitrogens with two attached hydrogens (primary N) is 1. The second kappa shape index (κ2) is 6.37. The zero-order valence-corrected chi connectivity index (χ0v) is 9.17. The Bertz CT molecular complexity index is 426. The summed E-state index contributed by atoms with van der Waals surface area (Å²) in [4.78, 5) is 12.4. The maximum absolute atomic E-state index is 10.2. The van der Waals surface area contributed by atoms with Gasteiger partial charge in [-0.25, -0.2) is 4.79 Å². The Kier molecular flexibility index (Phi) is 5.12. The first-order valence-electron chi connectivity index (χ1n) is 4.93. The molecule has 7 N–H and O–H groups in total. The van der Waals surface area contributed by atoms with Gasteiger partial charge in [0.1, 0.15) is 24.1 Å². The molecule has 1 aliphatic rings. The number of rotatable bonds is 1. The number of nitrogens with zero attached hydrogens (tertiary/aromatic N) is 2. The first kappa shape index (κ1) is 14.5. The lowest BCUT2D eigenvalue weighted by atomic mass is 10.1. The van der Waals surface area contributed by atoms with Gasteiger partial charge >= 0.3 is 5.69 Å². The molecule has 0 aromatic carbocycles. The van der Waals surface area contributed by atoms with Crippen molar-refractivity contribution in [2.75, 3.05) is 12.3 Å². The normalized spacial score (nSPS) is 30.7. The summed E-state index contributed by atoms with van der Waals surface area (Å²) in [6.45, 7) is -0.407. The standard InChI is InChI=1S/C5H10O5.C3H4N4O/c6-1-2-3(7)4(8)5(9)10-2;4-2-1-5-7-3(8)6-2/h2-9H,1H2;1H,(H3,4,6,7,8)/t2-,3-,4-,5?;/m1./s1. The molecule has 1 aromatic rings. The summed E-state index contributed by atoms with van der Waals surface area (Å²) in [7, 11) is 0. The Morgan fingerprint density at radius 2 is 2.06 bits per heavy atom. The van der Waals surface area contributed by atoms with Gasteiger partial charge in [0.25, 0.3) is 0 Å². The van der Waals surface area contributed by atoms with Crippen LogP contribution in [-0.2, 0) is 4.74 Å². The molecule has 1 unspecified atom stereocenters. The summed E-state index contributed by atoms with van der Waals surface area (Å²) in [5.41, 5.74) is 4.58. The van der Waals surface area contributed by atoms with Crippen molar-refractivity contribution in [3.8, 4) is 0 Å². The maximum atomic E-state index is 10.2. The molecule has 1 aromatic heterocycles. The van der Waals surface area contributed by atoms with Gasteiger partial charge in [-0.3, -0.25) is 4.98 Å². The number of nitrogens with one attached hydrogen (secondary N) is 1. The van der Waals surface area contributed by atoms with Gasteiger partial charge in [-0.2, -0.15) is 5.10 Å². The molecule has 18 heavy (non-hydrogen) atoms. The molecule has 102 valence electrons. The molecule has 1 saturated heterocycles. The lowest BCUT2D eigenvalue weighted by Crippen LogP contribution is -2.33. The van der Waals surface area contributed by atoms with Gasteiger partial charge in [-0.1, -0.05) is 5.10 Å². The molecule has 2 rings (SSSR count). The molecule has 0 aliphatic carbocycles. The van der Waals surface area contributed by atoms with Crippen LogP contribution in [0.4, 0.5) is 5.82 Å². The van der Waals surface area contributed by atoms with Gasteiger partial charge in [-0.15, -0.1) is 0 Å². The predicted octanol–water partition coefficient (Wildman–Crippen LogP) is -3.84. The van der Waals surface area contributed by atoms with E-state index in [2.05, 4.69) is 19.9 Å². The highest BCUT2D eigenvalue weighted by molar-refractivity contribution is 5.19. The number of aliphatic hydroxyl groups is 4. The molecule has 1 fully saturated rings. The van der Waals surface area contributed by atoms with Crippen LogP contribution in [0.2, 0.25) is 0 Å². The fourth-order valence-electron chi connectivity index (χ4n) is 1.20. The van der Waals surface area contributed by atoms with Crippen LogP contribution in [-0.4, -0.2) is 66.8 Å². The Hall–Kier alpha value is -1.59. The Labute approximate surface area is 101 Å². The molecule has 0 saturated carbocycles. The van der Waals surface area contributed by atoms with E-state index in [0.717, 1.165) is 0 Å². The number of nitrogen functional groups attached to an aromatic ring is 1. The van der Waals surface area contributed by atoms with Gasteiger partial charge in [0.15, 0.2) is 6.29 Å². The number of aromatic amines is 1. The third-order valence-corrected chi connectivity index (χ3v) is 2.11. The SMILES string of the molecule is Nc1cnnc(=O)[nH]1.OC[C@H]1OC(O)[C@H](O)[C@@H]1O. The van der Waals surface area contributed by atoms with Crippen LogP contribution in [0.1, 0.15) is 0 Å². The lowest BCUT2D eigenvalue weighted by molar-refractivity contribution is -0.132. The highest BCUT2D eigenvalue weighted by atomic mass is 16.6. The van der Waals surface area contributed by atoms with Crippen molar-refractivity contribution in [3.05, 3.63) is 16.7 Å². The van der Waals surface area contributed by atoms with Crippen molar-refractivity contribution < 1.29 is 25.2 Å². The largest absolute Gasteiger partial charge is 0.394 e. The lowest BCUT2D eigenvalue weighted by Gasteiger charge is -2.09. The molecule has 0 radical (unpaired) electrons. The van der Waals surface area contributed by atoms with Gasteiger partial charge in [0, 0.05) is 0 Å². The van der Waals surface area contributed by atoms with Gasteiger partial charge < -0.3 is 30.9 Å². The maximum Gasteiger partial charge on any atom is 0.365 e. The fourth-order valence-corrected chi connectivity index (χ4v) is 1.20. The van der Waals surface area contributed by atoms with Gasteiger partial charge in [-0.05, 0) is 0 Å². The van der Waals surface area contributed by atoms with Crippen molar-refractivity contribution in [3.63, 3.8) is 0 Å². The van der Waals surface area contributed by atoms with Crippen LogP contribution in [0, 0.1) is 0 Å². The molecule has 0 spiro atoms. The van der Waals surface area contributed by atoms with Crippen LogP contribution >= 0.6 is 0 Å². The Morgan fingerprint density at radius 1 is 1.39 bits per heavy atom. The zero-order chi connectivity index (χ0) is 13.7. The number of anilines is 1. The number of hydrogen-bond donors (Lipinski definition) is 6. The van der Waals surface area contributed by atoms with Crippen molar-refractivity contribution in [2.24, 2.45) is 0 Å². The molecule has 2 heterocycles. The fraction of sp³-hybridized carbons (Fsp3) is 0.625. The molecule has 0 amide bonds. The van der Waals surface area contributed by atoms with E-state index in [-0.39, 0.29) is 5.82 Å². The summed E-state index contributed by atoms with van der Waals surface area (Å²) in [6.07, 6.45) is -3.49. The van der Waals surface area contributed by atoms with Crippen LogP contribution in [0.15, 0.2) is 11.0 Å². The van der Waals surface area contributed by atoms with Crippen molar-refractivity contribution in [2.45, 2.75) is 24.6 Å². The van der Waals surface area contributed by atoms with Crippen LogP contribution < -0.4 is 11.4 Å². The second-order valence-corrected chi connectivity index (χ2v) is 3.46. The monoisotopic (exact) mass is 262 g/mol. The third-order valence-electron chi connectivity index (χ3n) is 2.11. The second-order valence-electron chi connectivity index (χ2n) is 3.46. The van der Waals surface area contributed by atoms with Gasteiger partial charge in [0.2, 0.25) is 0 Å². The number of ether oxygens (including phenoxy) is 1. The van der Waals surface area contributed by atoms with Crippen molar-refractivity contribution in [1.29, 1.82) is 0 Å². The van der Waals surface area contributed by atoms with E-state index < -0.39 is 36.9 Å². The first-order valence-corrected chi connectivity index (χ1v) is 4.93. The topological polar surface area (TPSA) is 175 Å². The van der Waals surface area contributed by atoms with Crippen LogP contribution in [0.3, 0.4) is 0 Å². The minimum Gasteiger partial charge on any atom is -0.394 e. The van der Waals surface area contributed by atoms with E-state index in [1.807, 2.05) is 0 Å². The number of H-pyrrole nitrogens is 1. The van der Waals surface area contributed by atoms with Crippen molar-refractivity contribution >= 4 is 5.82 Å². The summed E-state index contributed by atoms with van der Waals surface area (Å²) >= 11 is 0. The van der Waals surface area contributed by atoms with E-state index in [0.29, 0.717) is 0 Å². The highest BCUT2D eigenvalue weighted by Gasteiger charge is 2.41. The quantitative estimate of drug-likeness (QED) is 0.296. The Morgan fingerprint density at radius 3 is 2.33 bits per heavy atom. The summed E-state index contributed by atoms with van der Waals surface area (Å²) in [5.74, 6) is 0.227. The molecular formula is C8H14N4O6. The van der Waals surface area contributed by atoms with E-state index in [1.54, 1.807) is 0 Å². The van der Waals surface area contributed by atoms with Crippen molar-refractivity contribution in [1.82, 2.24) is 15.2 Å². The predicted molar refractivity (Wildman–Crippen MR) is 57.0 cm³/mol. The summed E-state index contributed by atoms with van der Waals surface area (Å²) < 4.78 is 4.54. The number of hydrogen-bond acceptors (Lipinski definition) is 9. The molecular weight excluding hydrogens is 248 g/mol. The molecule has 4 atom stereocenters. The van der Waals surface area contributed by atoms with E-state index in [9.17, 15) is 4.79 Å². The summed E-state index contributed by atoms with van der Waals surface area (Å²) in [6, 6.07) is 0. The smallest absolute Gasteiger partial charge is 0.365 e. The van der Waals surface area contributed by atoms with Gasteiger partial charge in [0.05, 0.1) is 12.8 Å². The molecule has 0 bridgehead atoms. The minimum absolute atomic E-state index is 0.227. The summed E-state index contributed by atoms with van der Waals surface area (Å²) in [5, 5.41) is 41.3. The highest BCUT2D eigenvalue weighted by Crippen LogP contribution is 2.18. The minimum atomic E-state index is -1.38. The molecule has 10 heteroatoms. The number of aliphatic hydroxyl groups excluding tert-OH is 4. The average Bonchev–Trinajstić information content (AvgIpc) is 2.57. The van der Waals surface area contributed by atoms with Crippen LogP contribution in [0.25, 0.3) is 0 Å². The zero-order valence-electron chi connectivity index (χ0n) is 9.17. The van der Waals surface area contributed by atoms with E-state index >= 15 is 0 Å². The Balaban J connectivity index is 0.000000184. The van der Waals surface area contributed by atoms with E-state index in [1.165, 1.54) is 6.20 Å². The average molecular weight is 262 g/mol. The third kappa shape index (κ3) is 3.72. The van der Waals surface area contributed by atoms with E-state index in [4.69, 9.17) is 26.2 Å².